The Kier molecular flexibility index (Phi) is 1.69. The van der Waals surface area contributed by atoms with Crippen molar-refractivity contribution in [3.8, 4) is 0 Å². The Balaban J connectivity index is 2.12. The summed E-state index contributed by atoms with van der Waals surface area (Å²) >= 11 is 0. The average molecular weight is 98.2 g/mol. The van der Waals surface area contributed by atoms with Crippen molar-refractivity contribution in [1.29, 1.82) is 0 Å². The van der Waals surface area contributed by atoms with Crippen LogP contribution in [0, 0.1) is 5.92 Å². The lowest BCUT2D eigenvalue weighted by Crippen LogP contribution is -2.21. The number of hydrogen-bond donors (Lipinski definition) is 0. The largest absolute Gasteiger partial charge is 0.242 e. The lowest BCUT2D eigenvalue weighted by molar-refractivity contribution is 0.398. The highest BCUT2D eigenvalue weighted by Crippen LogP contribution is 2.07. The number of rotatable bonds is 0. The van der Waals surface area contributed by atoms with Gasteiger partial charge in [0.2, 0.25) is 0 Å². The van der Waals surface area contributed by atoms with Crippen molar-refractivity contribution >= 4 is 0 Å². The molecular weight excluding hydrogens is 86.1 g/mol. The van der Waals surface area contributed by atoms with Gasteiger partial charge in [0, 0.05) is 13.1 Å². The average Bonchev–Trinajstić information content (AvgIpc) is 1.69. The fourth-order valence-electron chi connectivity index (χ4n) is 0.955. The van der Waals surface area contributed by atoms with E-state index < -0.39 is 0 Å². The van der Waals surface area contributed by atoms with Gasteiger partial charge in [-0.05, 0) is 18.8 Å². The number of hydrogen-bond acceptors (Lipinski definition) is 0. The molecule has 0 aromatic rings. The van der Waals surface area contributed by atoms with Crippen molar-refractivity contribution in [3.63, 3.8) is 0 Å². The van der Waals surface area contributed by atoms with Crippen LogP contribution < -0.4 is 5.32 Å². The topological polar surface area (TPSA) is 14.1 Å². The molecule has 0 bridgehead atoms. The third kappa shape index (κ3) is 1.48. The van der Waals surface area contributed by atoms with Gasteiger partial charge in [-0.1, -0.05) is 6.92 Å². The fraction of sp³-hybridized carbons (Fsp3) is 1.00. The van der Waals surface area contributed by atoms with Gasteiger partial charge in [0.25, 0.3) is 0 Å². The summed E-state index contributed by atoms with van der Waals surface area (Å²) in [6, 6.07) is 0. The molecule has 1 fully saturated rings. The molecule has 1 radical (unpaired) electrons. The van der Waals surface area contributed by atoms with E-state index >= 15 is 0 Å². The summed E-state index contributed by atoms with van der Waals surface area (Å²) in [5, 5.41) is 4.26. The van der Waals surface area contributed by atoms with Gasteiger partial charge >= 0.3 is 0 Å². The molecule has 0 saturated carbocycles. The maximum atomic E-state index is 4.26. The van der Waals surface area contributed by atoms with Crippen LogP contribution in [-0.2, 0) is 0 Å². The minimum Gasteiger partial charge on any atom is -0.242 e. The van der Waals surface area contributed by atoms with Gasteiger partial charge < -0.3 is 0 Å². The van der Waals surface area contributed by atoms with Gasteiger partial charge in [-0.3, -0.25) is 0 Å². The van der Waals surface area contributed by atoms with E-state index in [0.717, 1.165) is 19.0 Å². The monoisotopic (exact) mass is 98.1 g/mol. The first-order valence-corrected chi connectivity index (χ1v) is 3.03. The van der Waals surface area contributed by atoms with Crippen LogP contribution in [0.1, 0.15) is 19.8 Å². The maximum Gasteiger partial charge on any atom is 0.0159 e. The Morgan fingerprint density at radius 1 is 1.57 bits per heavy atom. The van der Waals surface area contributed by atoms with E-state index in [2.05, 4.69) is 12.2 Å². The van der Waals surface area contributed by atoms with E-state index in [1.807, 2.05) is 0 Å². The Bertz CT molecular complexity index is 46.1. The van der Waals surface area contributed by atoms with Crippen LogP contribution in [0.3, 0.4) is 0 Å². The molecule has 0 amide bonds. The highest BCUT2D eigenvalue weighted by atomic mass is 14.9. The molecule has 0 aromatic carbocycles. The van der Waals surface area contributed by atoms with Crippen LogP contribution in [-0.4, -0.2) is 13.1 Å². The van der Waals surface area contributed by atoms with Crippen LogP contribution in [0.15, 0.2) is 0 Å². The van der Waals surface area contributed by atoms with E-state index in [4.69, 9.17) is 0 Å². The minimum absolute atomic E-state index is 0.869. The summed E-state index contributed by atoms with van der Waals surface area (Å²) in [6.07, 6.45) is 2.71. The molecule has 1 atom stereocenters. The van der Waals surface area contributed by atoms with Crippen LogP contribution >= 0.6 is 0 Å². The van der Waals surface area contributed by atoms with Crippen molar-refractivity contribution in [2.24, 2.45) is 5.92 Å². The molecule has 0 aliphatic carbocycles. The molecule has 1 rings (SSSR count). The summed E-state index contributed by atoms with van der Waals surface area (Å²) in [5.41, 5.74) is 0. The maximum absolute atomic E-state index is 4.26. The molecule has 0 N–H and O–H groups in total. The molecule has 7 heavy (non-hydrogen) atoms. The van der Waals surface area contributed by atoms with Crippen molar-refractivity contribution in [2.45, 2.75) is 19.8 Å². The summed E-state index contributed by atoms with van der Waals surface area (Å²) < 4.78 is 0. The van der Waals surface area contributed by atoms with Gasteiger partial charge in [-0.25, -0.2) is 5.32 Å². The Morgan fingerprint density at radius 3 is 2.71 bits per heavy atom. The van der Waals surface area contributed by atoms with Gasteiger partial charge in [-0.2, -0.15) is 0 Å². The molecule has 1 nitrogen and oxygen atoms in total. The zero-order chi connectivity index (χ0) is 5.11. The van der Waals surface area contributed by atoms with Gasteiger partial charge in [0.1, 0.15) is 0 Å². The SMILES string of the molecule is C[C@@H]1CCC[N]C1. The lowest BCUT2D eigenvalue weighted by Gasteiger charge is -2.15. The quantitative estimate of drug-likeness (QED) is 0.429. The number of nitrogens with zero attached hydrogens (tertiary/aromatic N) is 1. The first-order chi connectivity index (χ1) is 3.39. The summed E-state index contributed by atoms with van der Waals surface area (Å²) in [5.74, 6) is 0.869. The number of piperidine rings is 1. The van der Waals surface area contributed by atoms with Gasteiger partial charge in [0.15, 0.2) is 0 Å². The zero-order valence-corrected chi connectivity index (χ0v) is 4.85. The van der Waals surface area contributed by atoms with Crippen LogP contribution in [0.5, 0.6) is 0 Å². The highest BCUT2D eigenvalue weighted by Gasteiger charge is 2.06. The van der Waals surface area contributed by atoms with Crippen molar-refractivity contribution in [2.75, 3.05) is 13.1 Å². The normalized spacial score (nSPS) is 33.0. The third-order valence-electron chi connectivity index (χ3n) is 1.45. The summed E-state index contributed by atoms with van der Waals surface area (Å²) in [4.78, 5) is 0. The minimum atomic E-state index is 0.869. The van der Waals surface area contributed by atoms with Crippen LogP contribution in [0.2, 0.25) is 0 Å². The predicted octanol–water partition coefficient (Wildman–Crippen LogP) is 1.02. The van der Waals surface area contributed by atoms with Crippen LogP contribution in [0.25, 0.3) is 0 Å². The van der Waals surface area contributed by atoms with Crippen molar-refractivity contribution in [1.82, 2.24) is 5.32 Å². The standard InChI is InChI=1S/C6H12N/c1-6-3-2-4-7-5-6/h6H,2-5H2,1H3/t6-/m1/s1. The van der Waals surface area contributed by atoms with Gasteiger partial charge in [0.05, 0.1) is 0 Å². The van der Waals surface area contributed by atoms with Crippen LogP contribution in [0.4, 0.5) is 0 Å². The lowest BCUT2D eigenvalue weighted by atomic mass is 10.0. The van der Waals surface area contributed by atoms with Gasteiger partial charge in [-0.15, -0.1) is 0 Å². The molecule has 1 heterocycles. The molecule has 1 aliphatic rings. The van der Waals surface area contributed by atoms with Crippen molar-refractivity contribution in [3.05, 3.63) is 0 Å². The van der Waals surface area contributed by atoms with E-state index in [-0.39, 0.29) is 0 Å². The van der Waals surface area contributed by atoms with Crippen molar-refractivity contribution < 1.29 is 0 Å². The molecule has 41 valence electrons. The molecule has 1 saturated heterocycles. The Morgan fingerprint density at radius 2 is 2.43 bits per heavy atom. The Labute approximate surface area is 45.1 Å². The molecule has 1 aliphatic heterocycles. The first-order valence-electron chi connectivity index (χ1n) is 3.03. The fourth-order valence-corrected chi connectivity index (χ4v) is 0.955. The molecule has 0 spiro atoms. The summed E-state index contributed by atoms with van der Waals surface area (Å²) in [6.45, 7) is 4.49. The predicted molar refractivity (Wildman–Crippen MR) is 30.3 cm³/mol. The molecule has 0 unspecified atom stereocenters. The Hall–Kier alpha value is -0.0400. The molecule has 1 heteroatoms. The van der Waals surface area contributed by atoms with E-state index in [0.29, 0.717) is 0 Å². The second kappa shape index (κ2) is 2.31. The zero-order valence-electron chi connectivity index (χ0n) is 4.85. The molecule has 0 aromatic heterocycles. The smallest absolute Gasteiger partial charge is 0.0159 e. The highest BCUT2D eigenvalue weighted by molar-refractivity contribution is 4.62. The van der Waals surface area contributed by atoms with E-state index in [1.165, 1.54) is 12.8 Å². The first kappa shape index (κ1) is 5.10. The van der Waals surface area contributed by atoms with E-state index in [9.17, 15) is 0 Å². The second-order valence-corrected chi connectivity index (χ2v) is 2.38. The molecular formula is C6H12N. The third-order valence-corrected chi connectivity index (χ3v) is 1.45. The second-order valence-electron chi connectivity index (χ2n) is 2.38. The van der Waals surface area contributed by atoms with E-state index in [1.54, 1.807) is 0 Å². The summed E-state index contributed by atoms with van der Waals surface area (Å²) in [7, 11) is 0.